The summed E-state index contributed by atoms with van der Waals surface area (Å²) in [5, 5.41) is 2.14. The first kappa shape index (κ1) is 28.1. The minimum atomic E-state index is -2.32. The van der Waals surface area contributed by atoms with Crippen LogP contribution in [0.25, 0.3) is 49.8 Å². The van der Waals surface area contributed by atoms with Crippen molar-refractivity contribution in [3.8, 4) is 22.4 Å². The van der Waals surface area contributed by atoms with Crippen LogP contribution in [0, 0.1) is 13.8 Å². The molecule has 3 nitrogen and oxygen atoms in total. The zero-order chi connectivity index (χ0) is 36.4. The highest BCUT2D eigenvalue weighted by atomic mass is 15.1. The van der Waals surface area contributed by atoms with Gasteiger partial charge in [0.15, 0.2) is 11.4 Å². The quantitative estimate of drug-likeness (QED) is 0.138. The third-order valence-electron chi connectivity index (χ3n) is 11.6. The normalized spacial score (nSPS) is 18.7. The topological polar surface area (TPSA) is 21.2 Å². The van der Waals surface area contributed by atoms with E-state index in [1.165, 1.54) is 22.3 Å². The molecule has 7 rings (SSSR count). The van der Waals surface area contributed by atoms with Crippen LogP contribution in [0.3, 0.4) is 0 Å². The van der Waals surface area contributed by atoms with E-state index in [1.807, 2.05) is 31.3 Å². The number of aryl methyl sites for hydroxylation is 3. The average molecular weight is 626 g/mol. The van der Waals surface area contributed by atoms with Gasteiger partial charge in [0.25, 0.3) is 5.65 Å². The van der Waals surface area contributed by atoms with Crippen LogP contribution >= 0.6 is 0 Å². The third-order valence-corrected chi connectivity index (χ3v) is 11.6. The Kier molecular flexibility index (Phi) is 6.28. The van der Waals surface area contributed by atoms with E-state index < -0.39 is 17.7 Å². The number of fused-ring (bicyclic) bond motifs is 3. The number of rotatable bonds is 5. The Balaban J connectivity index is 1.81. The van der Waals surface area contributed by atoms with E-state index in [0.29, 0.717) is 17.8 Å². The summed E-state index contributed by atoms with van der Waals surface area (Å²) in [5.74, 6) is 1.02. The monoisotopic (exact) mass is 625 g/mol. The minimum absolute atomic E-state index is 0.305. The van der Waals surface area contributed by atoms with E-state index in [4.69, 9.17) is 4.98 Å². The van der Waals surface area contributed by atoms with Crippen molar-refractivity contribution in [3.63, 3.8) is 0 Å². The summed E-state index contributed by atoms with van der Waals surface area (Å²) in [5.41, 5.74) is 13.5. The lowest BCUT2D eigenvalue weighted by molar-refractivity contribution is -0.632. The number of imidazole rings is 1. The van der Waals surface area contributed by atoms with Crippen LogP contribution in [-0.4, -0.2) is 9.38 Å². The van der Waals surface area contributed by atoms with Crippen molar-refractivity contribution in [1.82, 2.24) is 9.38 Å². The van der Waals surface area contributed by atoms with Crippen LogP contribution in [0.4, 0.5) is 0 Å². The molecule has 0 fully saturated rings. The molecule has 0 amide bonds. The maximum atomic E-state index is 9.34. The standard InChI is InChI=1S/C44H52N3/c1-24(2)30-19-32(25(3)4)37(33(20-30)26(5)6)31-21-34-38-36(28(8)27(7)23-45-38)42-46(13)39(29-17-15-14-16-18-29)41-44(11,12)43(9,10)35(22-31)40(34)47(41)42/h14-26H,1-13H3/q+1/i11D3. The number of hydrogen-bond acceptors (Lipinski definition) is 1. The Morgan fingerprint density at radius 1 is 0.809 bits per heavy atom. The van der Waals surface area contributed by atoms with Crippen molar-refractivity contribution in [2.45, 2.75) is 112 Å². The number of pyridine rings is 2. The Bertz CT molecular complexity index is 2330. The molecular weight excluding hydrogens is 571 g/mol. The molecule has 4 heterocycles. The number of hydrogen-bond donors (Lipinski definition) is 0. The van der Waals surface area contributed by atoms with Crippen LogP contribution < -0.4 is 4.57 Å². The Morgan fingerprint density at radius 2 is 1.45 bits per heavy atom. The molecule has 1 atom stereocenters. The Labute approximate surface area is 285 Å². The smallest absolute Gasteiger partial charge is 0.255 e. The van der Waals surface area contributed by atoms with E-state index in [0.717, 1.165) is 66.7 Å². The van der Waals surface area contributed by atoms with Gasteiger partial charge in [-0.15, -0.1) is 0 Å². The van der Waals surface area contributed by atoms with Gasteiger partial charge in [0, 0.05) is 37.7 Å². The second-order valence-corrected chi connectivity index (χ2v) is 15.8. The van der Waals surface area contributed by atoms with Gasteiger partial charge in [-0.3, -0.25) is 4.98 Å². The van der Waals surface area contributed by atoms with Gasteiger partial charge < -0.3 is 0 Å². The molecule has 1 aliphatic heterocycles. The summed E-state index contributed by atoms with van der Waals surface area (Å²) in [7, 11) is 2.10. The molecule has 3 aromatic carbocycles. The third kappa shape index (κ3) is 4.24. The van der Waals surface area contributed by atoms with Gasteiger partial charge >= 0.3 is 0 Å². The summed E-state index contributed by atoms with van der Waals surface area (Å²) in [6.07, 6.45) is 2.00. The maximum absolute atomic E-state index is 9.34. The number of benzene rings is 3. The maximum Gasteiger partial charge on any atom is 0.297 e. The van der Waals surface area contributed by atoms with Crippen molar-refractivity contribution in [2.24, 2.45) is 7.05 Å². The average Bonchev–Trinajstić information content (AvgIpc) is 3.36. The van der Waals surface area contributed by atoms with Gasteiger partial charge in [-0.25, -0.2) is 4.57 Å². The van der Waals surface area contributed by atoms with E-state index in [-0.39, 0.29) is 0 Å². The first-order valence-corrected chi connectivity index (χ1v) is 17.4. The first-order chi connectivity index (χ1) is 23.3. The van der Waals surface area contributed by atoms with Crippen molar-refractivity contribution in [1.29, 1.82) is 0 Å². The molecule has 0 saturated carbocycles. The molecule has 0 spiro atoms. The van der Waals surface area contributed by atoms with E-state index in [2.05, 4.69) is 122 Å². The van der Waals surface area contributed by atoms with Gasteiger partial charge in [-0.05, 0) is 82.7 Å². The summed E-state index contributed by atoms with van der Waals surface area (Å²) < 4.78 is 32.6. The molecule has 0 radical (unpaired) electrons. The first-order valence-electron chi connectivity index (χ1n) is 18.9. The summed E-state index contributed by atoms with van der Waals surface area (Å²) in [4.78, 5) is 5.22. The lowest BCUT2D eigenvalue weighted by Gasteiger charge is -2.43. The number of aromatic nitrogens is 3. The minimum Gasteiger partial charge on any atom is -0.255 e. The zero-order valence-corrected chi connectivity index (χ0v) is 30.3. The van der Waals surface area contributed by atoms with Gasteiger partial charge in [0.2, 0.25) is 0 Å². The Hall–Kier alpha value is -3.98. The fourth-order valence-electron chi connectivity index (χ4n) is 8.22. The van der Waals surface area contributed by atoms with Crippen LogP contribution in [0.5, 0.6) is 0 Å². The van der Waals surface area contributed by atoms with Crippen LogP contribution in [-0.2, 0) is 17.9 Å². The summed E-state index contributed by atoms with van der Waals surface area (Å²) >= 11 is 0. The molecule has 0 bridgehead atoms. The molecular formula is C44H52N3+. The van der Waals surface area contributed by atoms with Gasteiger partial charge in [-0.2, -0.15) is 4.40 Å². The molecule has 47 heavy (non-hydrogen) atoms. The molecule has 0 aliphatic carbocycles. The molecule has 0 N–H and O–H groups in total. The SMILES string of the molecule is [2H]C([2H])([2H])C1(C)c2c(-c3ccccc3)[n+](C)c3c4c(C)c(C)cnc4c4cc(-c5c(C(C)C)cc(C(C)C)cc5C(C)C)cc(c4n23)C1(C)C. The molecule has 3 heteroatoms. The van der Waals surface area contributed by atoms with Crippen molar-refractivity contribution in [3.05, 3.63) is 99.9 Å². The predicted octanol–water partition coefficient (Wildman–Crippen LogP) is 11.4. The zero-order valence-electron chi connectivity index (χ0n) is 33.3. The van der Waals surface area contributed by atoms with Crippen LogP contribution in [0.2, 0.25) is 0 Å². The highest BCUT2D eigenvalue weighted by molar-refractivity contribution is 6.13. The largest absolute Gasteiger partial charge is 0.297 e. The van der Waals surface area contributed by atoms with E-state index in [9.17, 15) is 4.11 Å². The van der Waals surface area contributed by atoms with Crippen molar-refractivity contribution in [2.75, 3.05) is 0 Å². The second kappa shape index (κ2) is 10.5. The van der Waals surface area contributed by atoms with Gasteiger partial charge in [-0.1, -0.05) is 112 Å². The predicted molar refractivity (Wildman–Crippen MR) is 200 cm³/mol. The molecule has 1 unspecified atom stereocenters. The van der Waals surface area contributed by atoms with Gasteiger partial charge in [0.05, 0.1) is 18.0 Å². The second-order valence-electron chi connectivity index (χ2n) is 15.8. The Morgan fingerprint density at radius 3 is 2.02 bits per heavy atom. The van der Waals surface area contributed by atoms with Crippen molar-refractivity contribution < 1.29 is 8.68 Å². The highest BCUT2D eigenvalue weighted by Gasteiger charge is 2.53. The molecule has 3 aromatic heterocycles. The summed E-state index contributed by atoms with van der Waals surface area (Å²) in [6.45, 7) is 22.0. The van der Waals surface area contributed by atoms with Crippen molar-refractivity contribution >= 4 is 27.5 Å². The lowest BCUT2D eigenvalue weighted by Crippen LogP contribution is -2.44. The summed E-state index contributed by atoms with van der Waals surface area (Å²) in [6, 6.07) is 19.8. The highest BCUT2D eigenvalue weighted by Crippen LogP contribution is 2.55. The fourth-order valence-corrected chi connectivity index (χ4v) is 8.22. The van der Waals surface area contributed by atoms with Crippen LogP contribution in [0.15, 0.2) is 60.8 Å². The lowest BCUT2D eigenvalue weighted by atomic mass is 9.59. The molecule has 1 aliphatic rings. The molecule has 0 saturated heterocycles. The van der Waals surface area contributed by atoms with Crippen LogP contribution in [0.1, 0.15) is 130 Å². The molecule has 6 aromatic rings. The number of nitrogens with zero attached hydrogens (tertiary/aromatic N) is 3. The van der Waals surface area contributed by atoms with E-state index in [1.54, 1.807) is 0 Å². The molecule has 242 valence electrons. The van der Waals surface area contributed by atoms with Gasteiger partial charge in [0.1, 0.15) is 5.52 Å². The fraction of sp³-hybridized carbons (Fsp3) is 0.409. The van der Waals surface area contributed by atoms with E-state index >= 15 is 0 Å².